The molecule has 1 rings (SSSR count). The lowest BCUT2D eigenvalue weighted by molar-refractivity contribution is 0.195. The van der Waals surface area contributed by atoms with Gasteiger partial charge in [0.2, 0.25) is 0 Å². The van der Waals surface area contributed by atoms with Crippen LogP contribution in [0.1, 0.15) is 18.9 Å². The zero-order chi connectivity index (χ0) is 11.8. The Morgan fingerprint density at radius 3 is 2.69 bits per heavy atom. The lowest BCUT2D eigenvalue weighted by Crippen LogP contribution is -2.12. The molecule has 0 spiro atoms. The molecule has 1 nitrogen and oxygen atoms in total. The molecule has 0 radical (unpaired) electrons. The average Bonchev–Trinajstić information content (AvgIpc) is 2.34. The highest BCUT2D eigenvalue weighted by atomic mass is 16.3. The third kappa shape index (κ3) is 4.33. The Hall–Kier alpha value is -1.52. The molecule has 1 aromatic carbocycles. The maximum atomic E-state index is 9.57. The first-order valence-corrected chi connectivity index (χ1v) is 5.57. The monoisotopic (exact) mass is 214 g/mol. The predicted molar refractivity (Wildman–Crippen MR) is 67.9 cm³/mol. The first-order valence-electron chi connectivity index (χ1n) is 5.57. The fourth-order valence-corrected chi connectivity index (χ4v) is 1.29. The van der Waals surface area contributed by atoms with Gasteiger partial charge in [-0.05, 0) is 12.0 Å². The molecule has 0 amide bonds. The molecule has 0 fully saturated rings. The molecule has 0 aliphatic heterocycles. The van der Waals surface area contributed by atoms with Gasteiger partial charge in [-0.1, -0.05) is 49.3 Å². The van der Waals surface area contributed by atoms with Gasteiger partial charge in [-0.2, -0.15) is 0 Å². The molecule has 1 heteroatoms. The van der Waals surface area contributed by atoms with Gasteiger partial charge < -0.3 is 5.11 Å². The number of hydrogen-bond acceptors (Lipinski definition) is 1. The van der Waals surface area contributed by atoms with Crippen molar-refractivity contribution in [1.82, 2.24) is 0 Å². The summed E-state index contributed by atoms with van der Waals surface area (Å²) >= 11 is 0. The Morgan fingerprint density at radius 2 is 2.06 bits per heavy atom. The third-order valence-electron chi connectivity index (χ3n) is 2.50. The van der Waals surface area contributed by atoms with Crippen molar-refractivity contribution in [1.29, 1.82) is 0 Å². The molecule has 84 valence electrons. The smallest absolute Gasteiger partial charge is 0.120 e. The van der Waals surface area contributed by atoms with Crippen molar-refractivity contribution >= 4 is 0 Å². The van der Waals surface area contributed by atoms with E-state index in [-0.39, 0.29) is 5.92 Å². The minimum atomic E-state index is -0.590. The SMILES string of the molecule is C=C[C@@H](C)[C@@H](O)C#CCCc1ccccc1. The van der Waals surface area contributed by atoms with Crippen LogP contribution in [-0.4, -0.2) is 11.2 Å². The van der Waals surface area contributed by atoms with Crippen LogP contribution in [0.15, 0.2) is 43.0 Å². The Bertz CT molecular complexity index is 369. The van der Waals surface area contributed by atoms with Gasteiger partial charge in [-0.3, -0.25) is 0 Å². The van der Waals surface area contributed by atoms with E-state index < -0.39 is 6.10 Å². The molecule has 0 aliphatic rings. The quantitative estimate of drug-likeness (QED) is 0.603. The summed E-state index contributed by atoms with van der Waals surface area (Å²) < 4.78 is 0. The van der Waals surface area contributed by atoms with E-state index in [4.69, 9.17) is 0 Å². The van der Waals surface area contributed by atoms with E-state index in [1.807, 2.05) is 25.1 Å². The summed E-state index contributed by atoms with van der Waals surface area (Å²) in [5, 5.41) is 9.57. The Kier molecular flexibility index (Phi) is 5.39. The van der Waals surface area contributed by atoms with Crippen molar-refractivity contribution in [2.24, 2.45) is 5.92 Å². The van der Waals surface area contributed by atoms with E-state index in [1.54, 1.807) is 6.08 Å². The van der Waals surface area contributed by atoms with E-state index in [2.05, 4.69) is 30.6 Å². The van der Waals surface area contributed by atoms with Crippen molar-refractivity contribution in [3.8, 4) is 11.8 Å². The first kappa shape index (κ1) is 12.5. The highest BCUT2D eigenvalue weighted by Crippen LogP contribution is 2.03. The van der Waals surface area contributed by atoms with Crippen molar-refractivity contribution in [3.63, 3.8) is 0 Å². The van der Waals surface area contributed by atoms with Crippen LogP contribution in [0, 0.1) is 17.8 Å². The fourth-order valence-electron chi connectivity index (χ4n) is 1.29. The first-order chi connectivity index (χ1) is 7.74. The van der Waals surface area contributed by atoms with Gasteiger partial charge in [-0.15, -0.1) is 12.5 Å². The van der Waals surface area contributed by atoms with Gasteiger partial charge in [0.1, 0.15) is 6.10 Å². The molecule has 0 bridgehead atoms. The molecule has 0 saturated heterocycles. The van der Waals surface area contributed by atoms with Gasteiger partial charge in [0.05, 0.1) is 0 Å². The summed E-state index contributed by atoms with van der Waals surface area (Å²) in [5.74, 6) is 5.87. The van der Waals surface area contributed by atoms with Gasteiger partial charge >= 0.3 is 0 Å². The molecule has 0 aromatic heterocycles. The number of rotatable bonds is 4. The average molecular weight is 214 g/mol. The van der Waals surface area contributed by atoms with Crippen molar-refractivity contribution < 1.29 is 5.11 Å². The fraction of sp³-hybridized carbons (Fsp3) is 0.333. The van der Waals surface area contributed by atoms with Gasteiger partial charge in [-0.25, -0.2) is 0 Å². The predicted octanol–water partition coefficient (Wildman–Crippen LogP) is 2.81. The normalized spacial score (nSPS) is 13.4. The molecule has 0 saturated carbocycles. The maximum absolute atomic E-state index is 9.57. The zero-order valence-electron chi connectivity index (χ0n) is 9.69. The van der Waals surface area contributed by atoms with Crippen LogP contribution in [0.5, 0.6) is 0 Å². The highest BCUT2D eigenvalue weighted by Gasteiger charge is 2.05. The van der Waals surface area contributed by atoms with Crippen molar-refractivity contribution in [3.05, 3.63) is 48.6 Å². The summed E-state index contributed by atoms with van der Waals surface area (Å²) in [7, 11) is 0. The summed E-state index contributed by atoms with van der Waals surface area (Å²) in [6, 6.07) is 10.2. The zero-order valence-corrected chi connectivity index (χ0v) is 9.69. The second kappa shape index (κ2) is 6.87. The minimum absolute atomic E-state index is 0.0317. The third-order valence-corrected chi connectivity index (χ3v) is 2.50. The van der Waals surface area contributed by atoms with Crippen LogP contribution < -0.4 is 0 Å². The van der Waals surface area contributed by atoms with Crippen LogP contribution in [0.3, 0.4) is 0 Å². The van der Waals surface area contributed by atoms with Crippen LogP contribution in [0.25, 0.3) is 0 Å². The van der Waals surface area contributed by atoms with Crippen LogP contribution >= 0.6 is 0 Å². The summed E-state index contributed by atoms with van der Waals surface area (Å²) in [5.41, 5.74) is 1.28. The number of hydrogen-bond donors (Lipinski definition) is 1. The number of aryl methyl sites for hydroxylation is 1. The van der Waals surface area contributed by atoms with E-state index in [1.165, 1.54) is 5.56 Å². The Morgan fingerprint density at radius 1 is 1.38 bits per heavy atom. The largest absolute Gasteiger partial charge is 0.380 e. The Balaban J connectivity index is 2.36. The molecule has 1 aromatic rings. The molecule has 2 atom stereocenters. The number of aliphatic hydroxyl groups excluding tert-OH is 1. The summed E-state index contributed by atoms with van der Waals surface area (Å²) in [6.07, 6.45) is 2.85. The van der Waals surface area contributed by atoms with Gasteiger partial charge in [0.25, 0.3) is 0 Å². The van der Waals surface area contributed by atoms with Gasteiger partial charge in [0.15, 0.2) is 0 Å². The molecule has 0 unspecified atom stereocenters. The number of benzene rings is 1. The lowest BCUT2D eigenvalue weighted by Gasteiger charge is -2.06. The highest BCUT2D eigenvalue weighted by molar-refractivity contribution is 5.17. The van der Waals surface area contributed by atoms with Crippen molar-refractivity contribution in [2.75, 3.05) is 0 Å². The topological polar surface area (TPSA) is 20.2 Å². The molecule has 1 N–H and O–H groups in total. The van der Waals surface area contributed by atoms with E-state index in [9.17, 15) is 5.11 Å². The lowest BCUT2D eigenvalue weighted by atomic mass is 10.1. The van der Waals surface area contributed by atoms with E-state index in [0.29, 0.717) is 0 Å². The van der Waals surface area contributed by atoms with Crippen LogP contribution in [-0.2, 0) is 6.42 Å². The summed E-state index contributed by atoms with van der Waals surface area (Å²) in [6.45, 7) is 5.54. The molecule has 0 heterocycles. The minimum Gasteiger partial charge on any atom is -0.380 e. The molecular formula is C15H18O. The van der Waals surface area contributed by atoms with Crippen LogP contribution in [0.2, 0.25) is 0 Å². The second-order valence-electron chi connectivity index (χ2n) is 3.85. The maximum Gasteiger partial charge on any atom is 0.120 e. The summed E-state index contributed by atoms with van der Waals surface area (Å²) in [4.78, 5) is 0. The standard InChI is InChI=1S/C15H18O/c1-3-13(2)15(16)12-8-7-11-14-9-5-4-6-10-14/h3-6,9-10,13,15-16H,1,7,11H2,2H3/t13-,15+/m1/s1. The van der Waals surface area contributed by atoms with Crippen molar-refractivity contribution in [2.45, 2.75) is 25.9 Å². The number of aliphatic hydroxyl groups is 1. The molecule has 16 heavy (non-hydrogen) atoms. The second-order valence-corrected chi connectivity index (χ2v) is 3.85. The Labute approximate surface area is 97.8 Å². The van der Waals surface area contributed by atoms with E-state index >= 15 is 0 Å². The van der Waals surface area contributed by atoms with E-state index in [0.717, 1.165) is 12.8 Å². The molecule has 0 aliphatic carbocycles. The molecular weight excluding hydrogens is 196 g/mol. The van der Waals surface area contributed by atoms with Crippen LogP contribution in [0.4, 0.5) is 0 Å². The van der Waals surface area contributed by atoms with Gasteiger partial charge in [0, 0.05) is 12.3 Å².